The first kappa shape index (κ1) is 17.6. The summed E-state index contributed by atoms with van der Waals surface area (Å²) in [6, 6.07) is 6.13. The van der Waals surface area contributed by atoms with Crippen molar-refractivity contribution in [1.82, 2.24) is 9.29 Å². The van der Waals surface area contributed by atoms with Gasteiger partial charge in [0.15, 0.2) is 0 Å². The normalized spacial score (nSPS) is 13.4. The number of unbranched alkanes of at least 4 members (excludes halogenated alkanes) is 1. The predicted octanol–water partition coefficient (Wildman–Crippen LogP) is 3.00. The molecule has 0 saturated carbocycles. The van der Waals surface area contributed by atoms with E-state index in [0.717, 1.165) is 11.8 Å². The van der Waals surface area contributed by atoms with E-state index in [-0.39, 0.29) is 10.7 Å². The highest BCUT2D eigenvalue weighted by molar-refractivity contribution is 7.89. The second-order valence-electron chi connectivity index (χ2n) is 5.61. The molecule has 0 bridgehead atoms. The van der Waals surface area contributed by atoms with Crippen molar-refractivity contribution in [3.63, 3.8) is 0 Å². The van der Waals surface area contributed by atoms with Gasteiger partial charge in [0.1, 0.15) is 5.78 Å². The number of benzene rings is 1. The highest BCUT2D eigenvalue weighted by Crippen LogP contribution is 2.26. The molecule has 1 heterocycles. The van der Waals surface area contributed by atoms with Crippen LogP contribution >= 0.6 is 0 Å². The molecule has 1 aromatic carbocycles. The number of hydrogen-bond acceptors (Lipinski definition) is 4. The van der Waals surface area contributed by atoms with Crippen molar-refractivity contribution >= 4 is 26.6 Å². The molecule has 2 aromatic rings. The number of rotatable bonds is 7. The van der Waals surface area contributed by atoms with Crippen molar-refractivity contribution in [2.75, 3.05) is 6.54 Å². The molecule has 0 aliphatic carbocycles. The minimum atomic E-state index is -3.76. The first-order valence-electron chi connectivity index (χ1n) is 7.74. The van der Waals surface area contributed by atoms with Crippen LogP contribution in [-0.4, -0.2) is 36.1 Å². The van der Waals surface area contributed by atoms with Crippen molar-refractivity contribution in [3.05, 3.63) is 36.7 Å². The molecule has 0 aliphatic rings. The van der Waals surface area contributed by atoms with Gasteiger partial charge in [0, 0.05) is 29.7 Å². The highest BCUT2D eigenvalue weighted by Gasteiger charge is 2.31. The van der Waals surface area contributed by atoms with Gasteiger partial charge in [-0.1, -0.05) is 25.5 Å². The van der Waals surface area contributed by atoms with Crippen LogP contribution in [0.15, 0.2) is 41.6 Å². The Kier molecular flexibility index (Phi) is 5.49. The zero-order chi connectivity index (χ0) is 17.0. The van der Waals surface area contributed by atoms with E-state index in [0.29, 0.717) is 18.4 Å². The second kappa shape index (κ2) is 7.19. The molecule has 1 atom stereocenters. The fraction of sp³-hybridized carbons (Fsp3) is 0.412. The van der Waals surface area contributed by atoms with Gasteiger partial charge in [0.25, 0.3) is 0 Å². The maximum absolute atomic E-state index is 13.2. The first-order chi connectivity index (χ1) is 10.9. The fourth-order valence-corrected chi connectivity index (χ4v) is 4.38. The van der Waals surface area contributed by atoms with Crippen LogP contribution in [0.3, 0.4) is 0 Å². The smallest absolute Gasteiger partial charge is 0.244 e. The average Bonchev–Trinajstić information content (AvgIpc) is 2.54. The highest BCUT2D eigenvalue weighted by atomic mass is 32.2. The van der Waals surface area contributed by atoms with Gasteiger partial charge in [-0.25, -0.2) is 8.42 Å². The summed E-state index contributed by atoms with van der Waals surface area (Å²) >= 11 is 0. The Hall–Kier alpha value is -1.79. The number of Topliss-reactive ketones (excluding diaryl/α,β-unsaturated/α-hetero) is 1. The molecule has 1 aromatic heterocycles. The molecule has 6 heteroatoms. The van der Waals surface area contributed by atoms with E-state index in [1.807, 2.05) is 13.0 Å². The third-order valence-electron chi connectivity index (χ3n) is 3.98. The van der Waals surface area contributed by atoms with Crippen LogP contribution in [0.5, 0.6) is 0 Å². The topological polar surface area (TPSA) is 67.3 Å². The van der Waals surface area contributed by atoms with Crippen molar-refractivity contribution in [2.24, 2.45) is 0 Å². The molecular weight excluding hydrogens is 312 g/mol. The molecule has 0 saturated heterocycles. The number of carbonyl (C=O) groups excluding carboxylic acids is 1. The predicted molar refractivity (Wildman–Crippen MR) is 90.7 cm³/mol. The molecule has 0 aliphatic heterocycles. The zero-order valence-corrected chi connectivity index (χ0v) is 14.5. The summed E-state index contributed by atoms with van der Waals surface area (Å²) in [5.41, 5.74) is 0. The molecular formula is C17H22N2O3S. The number of hydrogen-bond donors (Lipinski definition) is 0. The maximum atomic E-state index is 13.2. The van der Waals surface area contributed by atoms with Crippen LogP contribution in [0.1, 0.15) is 33.6 Å². The van der Waals surface area contributed by atoms with E-state index in [2.05, 4.69) is 4.98 Å². The van der Waals surface area contributed by atoms with Crippen LogP contribution in [0, 0.1) is 0 Å². The van der Waals surface area contributed by atoms with Crippen LogP contribution in [0.4, 0.5) is 0 Å². The lowest BCUT2D eigenvalue weighted by atomic mass is 10.2. The van der Waals surface area contributed by atoms with Crippen molar-refractivity contribution in [3.8, 4) is 0 Å². The number of fused-ring (bicyclic) bond motifs is 1. The number of ketones is 1. The molecule has 0 amide bonds. The molecule has 5 nitrogen and oxygen atoms in total. The molecule has 0 radical (unpaired) electrons. The van der Waals surface area contributed by atoms with Gasteiger partial charge < -0.3 is 0 Å². The van der Waals surface area contributed by atoms with Crippen LogP contribution in [-0.2, 0) is 14.8 Å². The van der Waals surface area contributed by atoms with Crippen molar-refractivity contribution in [1.29, 1.82) is 0 Å². The summed E-state index contributed by atoms with van der Waals surface area (Å²) < 4.78 is 27.6. The Morgan fingerprint density at radius 1 is 1.30 bits per heavy atom. The Balaban J connectivity index is 2.57. The number of nitrogens with zero attached hydrogens (tertiary/aromatic N) is 2. The largest absolute Gasteiger partial charge is 0.298 e. The van der Waals surface area contributed by atoms with Gasteiger partial charge in [-0.2, -0.15) is 4.31 Å². The molecule has 0 spiro atoms. The number of pyridine rings is 1. The fourth-order valence-electron chi connectivity index (χ4n) is 2.48. The standard InChI is InChI=1S/C17H22N2O3S/c1-4-5-11-19(13(2)14(3)20)23(21,22)17-8-6-7-15-12-18-10-9-16(15)17/h6-10,12-13H,4-5,11H2,1-3H3. The van der Waals surface area contributed by atoms with Gasteiger partial charge >= 0.3 is 0 Å². The lowest BCUT2D eigenvalue weighted by molar-refractivity contribution is -0.120. The van der Waals surface area contributed by atoms with E-state index >= 15 is 0 Å². The second-order valence-corrected chi connectivity index (χ2v) is 7.47. The van der Waals surface area contributed by atoms with E-state index in [1.165, 1.54) is 11.2 Å². The van der Waals surface area contributed by atoms with Gasteiger partial charge in [-0.05, 0) is 32.4 Å². The molecule has 23 heavy (non-hydrogen) atoms. The lowest BCUT2D eigenvalue weighted by Gasteiger charge is -2.27. The minimum Gasteiger partial charge on any atom is -0.298 e. The van der Waals surface area contributed by atoms with Gasteiger partial charge in [-0.15, -0.1) is 0 Å². The SMILES string of the molecule is CCCCN(C(C)C(C)=O)S(=O)(=O)c1cccc2cnccc12. The monoisotopic (exact) mass is 334 g/mol. The van der Waals surface area contributed by atoms with Crippen molar-refractivity contribution < 1.29 is 13.2 Å². The quantitative estimate of drug-likeness (QED) is 0.780. The van der Waals surface area contributed by atoms with E-state index in [9.17, 15) is 13.2 Å². The summed E-state index contributed by atoms with van der Waals surface area (Å²) in [6.07, 6.45) is 4.78. The Morgan fingerprint density at radius 3 is 2.70 bits per heavy atom. The van der Waals surface area contributed by atoms with Crippen molar-refractivity contribution in [2.45, 2.75) is 44.6 Å². The molecule has 2 rings (SSSR count). The molecule has 124 valence electrons. The van der Waals surface area contributed by atoms with Gasteiger partial charge in [0.2, 0.25) is 10.0 Å². The Labute approximate surface area is 137 Å². The van der Waals surface area contributed by atoms with Crippen LogP contribution in [0.25, 0.3) is 10.8 Å². The summed E-state index contributed by atoms with van der Waals surface area (Å²) in [5.74, 6) is -0.161. The maximum Gasteiger partial charge on any atom is 0.244 e. The van der Waals surface area contributed by atoms with Gasteiger partial charge in [-0.3, -0.25) is 9.78 Å². The van der Waals surface area contributed by atoms with Crippen LogP contribution in [0.2, 0.25) is 0 Å². The van der Waals surface area contributed by atoms with E-state index in [1.54, 1.807) is 37.5 Å². The first-order valence-corrected chi connectivity index (χ1v) is 9.18. The Bertz CT molecular complexity index is 797. The summed E-state index contributed by atoms with van der Waals surface area (Å²) in [5, 5.41) is 1.39. The Morgan fingerprint density at radius 2 is 2.04 bits per heavy atom. The van der Waals surface area contributed by atoms with Crippen LogP contribution < -0.4 is 0 Å². The molecule has 1 unspecified atom stereocenters. The average molecular weight is 334 g/mol. The minimum absolute atomic E-state index is 0.161. The third kappa shape index (κ3) is 3.59. The number of sulfonamides is 1. The molecule has 0 N–H and O–H groups in total. The third-order valence-corrected chi connectivity index (χ3v) is 6.01. The number of carbonyl (C=O) groups is 1. The molecule has 0 fully saturated rings. The zero-order valence-electron chi connectivity index (χ0n) is 13.7. The number of aromatic nitrogens is 1. The summed E-state index contributed by atoms with van der Waals surface area (Å²) in [6.45, 7) is 5.39. The summed E-state index contributed by atoms with van der Waals surface area (Å²) in [4.78, 5) is 16.0. The van der Waals surface area contributed by atoms with E-state index in [4.69, 9.17) is 0 Å². The van der Waals surface area contributed by atoms with Gasteiger partial charge in [0.05, 0.1) is 10.9 Å². The lowest BCUT2D eigenvalue weighted by Crippen LogP contribution is -2.43. The van der Waals surface area contributed by atoms with E-state index < -0.39 is 16.1 Å². The summed E-state index contributed by atoms with van der Waals surface area (Å²) in [7, 11) is -3.76.